The van der Waals surface area contributed by atoms with Crippen LogP contribution in [0.15, 0.2) is 121 Å². The zero-order valence-corrected chi connectivity index (χ0v) is 18.6. The number of rotatable bonds is 7. The molecule has 4 aromatic rings. The molecule has 0 atom stereocenters. The summed E-state index contributed by atoms with van der Waals surface area (Å²) in [4.78, 5) is 13.2. The molecule has 2 nitrogen and oxygen atoms in total. The summed E-state index contributed by atoms with van der Waals surface area (Å²) >= 11 is 0. The maximum absolute atomic E-state index is 13.2. The van der Waals surface area contributed by atoms with Crippen molar-refractivity contribution in [3.8, 4) is 0 Å². The van der Waals surface area contributed by atoms with E-state index in [0.717, 1.165) is 21.5 Å². The SMILES string of the molecule is CCC(=O)OP(Cc1ccccc1)(c1ccccc1)(c1ccccc1)c1ccccc1. The second kappa shape index (κ2) is 8.88. The predicted octanol–water partition coefficient (Wildman–Crippen LogP) is 5.58. The van der Waals surface area contributed by atoms with Crippen molar-refractivity contribution in [1.82, 2.24) is 0 Å². The molecule has 3 heteroatoms. The first kappa shape index (κ1) is 21.0. The van der Waals surface area contributed by atoms with Crippen LogP contribution >= 0.6 is 6.83 Å². The van der Waals surface area contributed by atoms with Crippen molar-refractivity contribution in [2.24, 2.45) is 0 Å². The van der Waals surface area contributed by atoms with Gasteiger partial charge in [0.15, 0.2) is 0 Å². The third-order valence-corrected chi connectivity index (χ3v) is 11.6. The zero-order chi connectivity index (χ0) is 21.6. The molecular formula is C28H27O2P. The Balaban J connectivity index is 2.18. The molecule has 0 aliphatic carbocycles. The van der Waals surface area contributed by atoms with Gasteiger partial charge in [0.2, 0.25) is 0 Å². The average molecular weight is 426 g/mol. The molecule has 0 bridgehead atoms. The van der Waals surface area contributed by atoms with Gasteiger partial charge in [0, 0.05) is 0 Å². The topological polar surface area (TPSA) is 26.3 Å². The molecule has 0 spiro atoms. The van der Waals surface area contributed by atoms with E-state index in [4.69, 9.17) is 4.52 Å². The molecule has 0 aromatic heterocycles. The first-order valence-corrected chi connectivity index (χ1v) is 13.0. The molecule has 156 valence electrons. The van der Waals surface area contributed by atoms with E-state index >= 15 is 0 Å². The van der Waals surface area contributed by atoms with E-state index in [1.165, 1.54) is 0 Å². The second-order valence-corrected chi connectivity index (χ2v) is 12.2. The van der Waals surface area contributed by atoms with Crippen molar-refractivity contribution >= 4 is 28.7 Å². The number of carbonyl (C=O) groups is 1. The number of hydrogen-bond donors (Lipinski definition) is 0. The Morgan fingerprint density at radius 3 is 1.32 bits per heavy atom. The number of carbonyl (C=O) groups excluding carboxylic acids is 1. The molecule has 0 saturated heterocycles. The van der Waals surface area contributed by atoms with Gasteiger partial charge in [-0.05, 0) is 0 Å². The van der Waals surface area contributed by atoms with Gasteiger partial charge in [-0.25, -0.2) is 0 Å². The molecule has 0 aliphatic heterocycles. The minimum absolute atomic E-state index is 0.190. The van der Waals surface area contributed by atoms with Gasteiger partial charge in [-0.2, -0.15) is 0 Å². The van der Waals surface area contributed by atoms with Crippen LogP contribution in [0.5, 0.6) is 0 Å². The monoisotopic (exact) mass is 426 g/mol. The summed E-state index contributed by atoms with van der Waals surface area (Å²) in [7, 11) is 0. The van der Waals surface area contributed by atoms with Gasteiger partial charge < -0.3 is 0 Å². The second-order valence-electron chi connectivity index (χ2n) is 7.68. The maximum atomic E-state index is 13.2. The van der Waals surface area contributed by atoms with E-state index < -0.39 is 6.83 Å². The van der Waals surface area contributed by atoms with Crippen molar-refractivity contribution < 1.29 is 9.32 Å². The van der Waals surface area contributed by atoms with Crippen LogP contribution in [0.4, 0.5) is 0 Å². The average Bonchev–Trinajstić information content (AvgIpc) is 2.86. The fourth-order valence-electron chi connectivity index (χ4n) is 4.36. The van der Waals surface area contributed by atoms with Gasteiger partial charge in [0.25, 0.3) is 0 Å². The molecule has 0 N–H and O–H groups in total. The number of benzene rings is 4. The van der Waals surface area contributed by atoms with Crippen LogP contribution in [0.1, 0.15) is 18.9 Å². The van der Waals surface area contributed by atoms with E-state index in [9.17, 15) is 4.79 Å². The van der Waals surface area contributed by atoms with Crippen molar-refractivity contribution in [2.45, 2.75) is 19.5 Å². The van der Waals surface area contributed by atoms with Crippen LogP contribution in [0.2, 0.25) is 0 Å². The van der Waals surface area contributed by atoms with Crippen LogP contribution in [-0.4, -0.2) is 5.97 Å². The van der Waals surface area contributed by atoms with Crippen LogP contribution in [0, 0.1) is 0 Å². The molecule has 4 rings (SSSR count). The Hall–Kier alpha value is -3.22. The summed E-state index contributed by atoms with van der Waals surface area (Å²) in [6.07, 6.45) is 0.926. The van der Waals surface area contributed by atoms with Gasteiger partial charge in [0.05, 0.1) is 0 Å². The zero-order valence-electron chi connectivity index (χ0n) is 17.7. The van der Waals surface area contributed by atoms with Gasteiger partial charge in [-0.3, -0.25) is 0 Å². The van der Waals surface area contributed by atoms with Gasteiger partial charge >= 0.3 is 184 Å². The van der Waals surface area contributed by atoms with Crippen molar-refractivity contribution in [2.75, 3.05) is 0 Å². The van der Waals surface area contributed by atoms with E-state index in [1.807, 2.05) is 79.7 Å². The molecule has 0 radical (unpaired) electrons. The summed E-state index contributed by atoms with van der Waals surface area (Å²) in [6.45, 7) is -1.81. The van der Waals surface area contributed by atoms with Crippen LogP contribution in [-0.2, 0) is 15.5 Å². The standard InChI is InChI=1S/C28H27O2P/c1-2-28(29)30-31(25-17-9-4-10-18-25,26-19-11-5-12-20-26,27-21-13-6-14-22-27)23-24-15-7-3-8-16-24/h3-22H,2,23H2,1H3. The van der Waals surface area contributed by atoms with E-state index in [0.29, 0.717) is 12.6 Å². The summed E-state index contributed by atoms with van der Waals surface area (Å²) < 4.78 is 6.83. The third kappa shape index (κ3) is 3.69. The van der Waals surface area contributed by atoms with Gasteiger partial charge in [-0.1, -0.05) is 0 Å². The summed E-state index contributed by atoms with van der Waals surface area (Å²) in [5.41, 5.74) is 1.14. The minimum atomic E-state index is -3.67. The molecule has 0 aliphatic rings. The first-order chi connectivity index (χ1) is 15.2. The molecule has 4 aromatic carbocycles. The van der Waals surface area contributed by atoms with Gasteiger partial charge in [0.1, 0.15) is 0 Å². The Bertz CT molecular complexity index is 1030. The Kier molecular flexibility index (Phi) is 6.02. The van der Waals surface area contributed by atoms with E-state index in [-0.39, 0.29) is 5.97 Å². The Morgan fingerprint density at radius 2 is 0.968 bits per heavy atom. The van der Waals surface area contributed by atoms with Crippen LogP contribution < -0.4 is 15.9 Å². The Labute approximate surface area is 184 Å². The molecule has 0 saturated carbocycles. The molecule has 0 amide bonds. The normalized spacial score (nSPS) is 12.5. The molecule has 0 unspecified atom stereocenters. The van der Waals surface area contributed by atoms with Crippen LogP contribution in [0.25, 0.3) is 0 Å². The summed E-state index contributed by atoms with van der Waals surface area (Å²) in [6, 6.07) is 41.3. The van der Waals surface area contributed by atoms with Crippen LogP contribution in [0.3, 0.4) is 0 Å². The molecule has 0 heterocycles. The van der Waals surface area contributed by atoms with E-state index in [2.05, 4.69) is 48.5 Å². The van der Waals surface area contributed by atoms with Crippen molar-refractivity contribution in [3.63, 3.8) is 0 Å². The third-order valence-electron chi connectivity index (χ3n) is 5.83. The molecular weight excluding hydrogens is 399 g/mol. The molecule has 0 fully saturated rings. The fourth-order valence-corrected chi connectivity index (χ4v) is 10.1. The summed E-state index contributed by atoms with van der Waals surface area (Å²) in [5, 5.41) is 3.16. The fraction of sp³-hybridized carbons (Fsp3) is 0.107. The quantitative estimate of drug-likeness (QED) is 0.361. The Morgan fingerprint density at radius 1 is 0.613 bits per heavy atom. The van der Waals surface area contributed by atoms with Crippen molar-refractivity contribution in [1.29, 1.82) is 0 Å². The predicted molar refractivity (Wildman–Crippen MR) is 132 cm³/mol. The summed E-state index contributed by atoms with van der Waals surface area (Å²) in [5.74, 6) is -0.190. The van der Waals surface area contributed by atoms with E-state index in [1.54, 1.807) is 0 Å². The first-order valence-electron chi connectivity index (χ1n) is 10.6. The number of hydrogen-bond acceptors (Lipinski definition) is 2. The van der Waals surface area contributed by atoms with Gasteiger partial charge in [-0.15, -0.1) is 0 Å². The molecule has 31 heavy (non-hydrogen) atoms. The van der Waals surface area contributed by atoms with Crippen molar-refractivity contribution in [3.05, 3.63) is 127 Å².